The van der Waals surface area contributed by atoms with Gasteiger partial charge < -0.3 is 4.74 Å². The minimum Gasteiger partial charge on any atom is -0.449 e. The zero-order chi connectivity index (χ0) is 14.3. The Hall–Kier alpha value is -1.06. The molecule has 4 nitrogen and oxygen atoms in total. The van der Waals surface area contributed by atoms with Gasteiger partial charge in [0.1, 0.15) is 0 Å². The molecule has 1 fully saturated rings. The van der Waals surface area contributed by atoms with Crippen molar-refractivity contribution in [3.8, 4) is 0 Å². The van der Waals surface area contributed by atoms with E-state index in [1.807, 2.05) is 0 Å². The van der Waals surface area contributed by atoms with Gasteiger partial charge in [-0.25, -0.2) is 9.69 Å². The fraction of sp³-hybridized carbons (Fsp3) is 0.867. The first-order chi connectivity index (χ1) is 9.00. The lowest BCUT2D eigenvalue weighted by Crippen LogP contribution is -2.32. The normalized spacial score (nSPS) is 17.1. The Kier molecular flexibility index (Phi) is 6.89. The number of carbonyl (C=O) groups is 2. The van der Waals surface area contributed by atoms with E-state index < -0.39 is 6.09 Å². The first kappa shape index (κ1) is 16.0. The summed E-state index contributed by atoms with van der Waals surface area (Å²) in [6.45, 7) is 7.60. The molecule has 110 valence electrons. The minimum absolute atomic E-state index is 0.102. The van der Waals surface area contributed by atoms with E-state index in [-0.39, 0.29) is 5.91 Å². The van der Waals surface area contributed by atoms with E-state index in [9.17, 15) is 9.59 Å². The molecule has 0 aromatic carbocycles. The first-order valence-corrected chi connectivity index (χ1v) is 7.47. The standard InChI is InChI=1S/C15H27NO3/c1-12(2)6-4-7-13(3)9-11-19-15(18)16-10-5-8-14(16)17/h12-13H,4-11H2,1-3H3. The van der Waals surface area contributed by atoms with Gasteiger partial charge in [-0.15, -0.1) is 0 Å². The summed E-state index contributed by atoms with van der Waals surface area (Å²) in [5.74, 6) is 1.22. The molecule has 1 saturated heterocycles. The molecule has 0 aromatic rings. The zero-order valence-electron chi connectivity index (χ0n) is 12.5. The Morgan fingerprint density at radius 3 is 2.58 bits per heavy atom. The van der Waals surface area contributed by atoms with Crippen molar-refractivity contribution in [1.29, 1.82) is 0 Å². The van der Waals surface area contributed by atoms with Crippen LogP contribution in [0.25, 0.3) is 0 Å². The molecule has 0 radical (unpaired) electrons. The third-order valence-electron chi connectivity index (χ3n) is 3.61. The maximum atomic E-state index is 11.6. The molecule has 0 bridgehead atoms. The summed E-state index contributed by atoms with van der Waals surface area (Å²) in [4.78, 5) is 24.2. The van der Waals surface area contributed by atoms with Crippen LogP contribution >= 0.6 is 0 Å². The van der Waals surface area contributed by atoms with E-state index in [1.165, 1.54) is 24.2 Å². The second kappa shape index (κ2) is 8.18. The SMILES string of the molecule is CC(C)CCCC(C)CCOC(=O)N1CCCC1=O. The highest BCUT2D eigenvalue weighted by molar-refractivity contribution is 5.93. The highest BCUT2D eigenvalue weighted by Crippen LogP contribution is 2.16. The number of imide groups is 1. The minimum atomic E-state index is -0.461. The van der Waals surface area contributed by atoms with E-state index >= 15 is 0 Å². The van der Waals surface area contributed by atoms with Gasteiger partial charge in [-0.1, -0.05) is 40.0 Å². The van der Waals surface area contributed by atoms with Gasteiger partial charge in [0.2, 0.25) is 5.91 Å². The van der Waals surface area contributed by atoms with Gasteiger partial charge in [-0.2, -0.15) is 0 Å². The summed E-state index contributed by atoms with van der Waals surface area (Å²) in [5.41, 5.74) is 0. The van der Waals surface area contributed by atoms with Gasteiger partial charge in [0.05, 0.1) is 6.61 Å². The molecular weight excluding hydrogens is 242 g/mol. The second-order valence-electron chi connectivity index (χ2n) is 5.98. The van der Waals surface area contributed by atoms with Gasteiger partial charge in [0.25, 0.3) is 0 Å². The second-order valence-corrected chi connectivity index (χ2v) is 5.98. The van der Waals surface area contributed by atoms with Crippen molar-refractivity contribution in [2.24, 2.45) is 11.8 Å². The summed E-state index contributed by atoms with van der Waals surface area (Å²) >= 11 is 0. The molecule has 0 aromatic heterocycles. The largest absolute Gasteiger partial charge is 0.449 e. The lowest BCUT2D eigenvalue weighted by atomic mass is 9.98. The number of nitrogens with zero attached hydrogens (tertiary/aromatic N) is 1. The van der Waals surface area contributed by atoms with Crippen molar-refractivity contribution in [3.05, 3.63) is 0 Å². The Bertz CT molecular complexity index is 302. The molecule has 0 aliphatic carbocycles. The van der Waals surface area contributed by atoms with E-state index in [1.54, 1.807) is 0 Å². The van der Waals surface area contributed by atoms with Crippen LogP contribution < -0.4 is 0 Å². The lowest BCUT2D eigenvalue weighted by molar-refractivity contribution is -0.126. The summed E-state index contributed by atoms with van der Waals surface area (Å²) < 4.78 is 5.16. The maximum Gasteiger partial charge on any atom is 0.416 e. The average Bonchev–Trinajstić information content (AvgIpc) is 2.75. The molecule has 4 heteroatoms. The quantitative estimate of drug-likeness (QED) is 0.709. The van der Waals surface area contributed by atoms with Crippen LogP contribution in [0.3, 0.4) is 0 Å². The van der Waals surface area contributed by atoms with Crippen molar-refractivity contribution in [2.45, 2.75) is 59.3 Å². The first-order valence-electron chi connectivity index (χ1n) is 7.47. The van der Waals surface area contributed by atoms with Crippen LogP contribution in [0.5, 0.6) is 0 Å². The molecule has 1 rings (SSSR count). The van der Waals surface area contributed by atoms with Crippen LogP contribution in [0, 0.1) is 11.8 Å². The van der Waals surface area contributed by atoms with Crippen LogP contribution in [-0.2, 0) is 9.53 Å². The molecule has 1 unspecified atom stereocenters. The molecule has 0 saturated carbocycles. The van der Waals surface area contributed by atoms with Crippen molar-refractivity contribution in [3.63, 3.8) is 0 Å². The molecule has 2 amide bonds. The van der Waals surface area contributed by atoms with Crippen molar-refractivity contribution < 1.29 is 14.3 Å². The number of likely N-dealkylation sites (tertiary alicyclic amines) is 1. The number of ether oxygens (including phenoxy) is 1. The van der Waals surface area contributed by atoms with Crippen molar-refractivity contribution >= 4 is 12.0 Å². The average molecular weight is 269 g/mol. The summed E-state index contributed by atoms with van der Waals surface area (Å²) in [6.07, 6.45) is 5.32. The monoisotopic (exact) mass is 269 g/mol. The summed E-state index contributed by atoms with van der Waals surface area (Å²) in [6, 6.07) is 0. The molecule has 0 N–H and O–H groups in total. The van der Waals surface area contributed by atoms with Crippen molar-refractivity contribution in [2.75, 3.05) is 13.2 Å². The Morgan fingerprint density at radius 2 is 2.00 bits per heavy atom. The van der Waals surface area contributed by atoms with Gasteiger partial charge in [-0.05, 0) is 24.7 Å². The van der Waals surface area contributed by atoms with E-state index in [2.05, 4.69) is 20.8 Å². The van der Waals surface area contributed by atoms with Gasteiger partial charge in [-0.3, -0.25) is 4.79 Å². The van der Waals surface area contributed by atoms with E-state index in [4.69, 9.17) is 4.74 Å². The highest BCUT2D eigenvalue weighted by atomic mass is 16.6. The molecule has 1 aliphatic heterocycles. The van der Waals surface area contributed by atoms with Crippen LogP contribution in [-0.4, -0.2) is 30.1 Å². The predicted octanol–water partition coefficient (Wildman–Crippen LogP) is 3.60. The van der Waals surface area contributed by atoms with Crippen LogP contribution in [0.15, 0.2) is 0 Å². The number of carbonyl (C=O) groups excluding carboxylic acids is 2. The number of hydrogen-bond acceptors (Lipinski definition) is 3. The van der Waals surface area contributed by atoms with Crippen molar-refractivity contribution in [1.82, 2.24) is 4.90 Å². The fourth-order valence-electron chi connectivity index (χ4n) is 2.29. The fourth-order valence-corrected chi connectivity index (χ4v) is 2.29. The molecule has 1 atom stereocenters. The predicted molar refractivity (Wildman–Crippen MR) is 74.8 cm³/mol. The smallest absolute Gasteiger partial charge is 0.416 e. The molecule has 19 heavy (non-hydrogen) atoms. The maximum absolute atomic E-state index is 11.6. The van der Waals surface area contributed by atoms with Crippen LogP contribution in [0.2, 0.25) is 0 Å². The summed E-state index contributed by atoms with van der Waals surface area (Å²) in [7, 11) is 0. The lowest BCUT2D eigenvalue weighted by Gasteiger charge is -2.15. The van der Waals surface area contributed by atoms with Crippen LogP contribution in [0.4, 0.5) is 4.79 Å². The molecule has 0 spiro atoms. The van der Waals surface area contributed by atoms with Gasteiger partial charge >= 0.3 is 6.09 Å². The Morgan fingerprint density at radius 1 is 1.26 bits per heavy atom. The van der Waals surface area contributed by atoms with Gasteiger partial charge in [0.15, 0.2) is 0 Å². The summed E-state index contributed by atoms with van der Waals surface area (Å²) in [5, 5.41) is 0. The van der Waals surface area contributed by atoms with E-state index in [0.717, 1.165) is 18.8 Å². The third-order valence-corrected chi connectivity index (χ3v) is 3.61. The Balaban J connectivity index is 2.09. The molecule has 1 aliphatic rings. The third kappa shape index (κ3) is 6.08. The van der Waals surface area contributed by atoms with E-state index in [0.29, 0.717) is 25.5 Å². The topological polar surface area (TPSA) is 46.6 Å². The number of hydrogen-bond donors (Lipinski definition) is 0. The zero-order valence-corrected chi connectivity index (χ0v) is 12.5. The highest BCUT2D eigenvalue weighted by Gasteiger charge is 2.27. The van der Waals surface area contributed by atoms with Gasteiger partial charge in [0, 0.05) is 13.0 Å². The molecule has 1 heterocycles. The Labute approximate surface area is 116 Å². The molecular formula is C15H27NO3. The number of amides is 2. The van der Waals surface area contributed by atoms with Crippen LogP contribution in [0.1, 0.15) is 59.3 Å². The number of rotatable bonds is 7.